The van der Waals surface area contributed by atoms with E-state index in [0.29, 0.717) is 11.0 Å². The van der Waals surface area contributed by atoms with Gasteiger partial charge in [0.2, 0.25) is 0 Å². The van der Waals surface area contributed by atoms with Crippen molar-refractivity contribution in [3.8, 4) is 0 Å². The maximum absolute atomic E-state index is 14.0. The zero-order valence-corrected chi connectivity index (χ0v) is 21.4. The molecule has 186 valence electrons. The van der Waals surface area contributed by atoms with Crippen LogP contribution in [-0.4, -0.2) is 41.9 Å². The number of aromatic nitrogens is 2. The SMILES string of the molecule is O=S(=O)(c1cccc2cccnc12)n1cc(C2=CCCN(CCc3ccccc3)CC2)c2ccccc21. The zero-order valence-electron chi connectivity index (χ0n) is 20.6. The Morgan fingerprint density at radius 1 is 0.838 bits per heavy atom. The molecule has 6 rings (SSSR count). The standard InChI is InChI=1S/C31H29N3O2S/c35-37(36,30-16-6-11-26-12-7-19-32-31(26)30)34-23-28(27-14-4-5-15-29(27)34)25-13-8-20-33(22-18-25)21-17-24-9-2-1-3-10-24/h1-7,9-16,19,23H,8,17-18,20-22H2. The molecule has 0 amide bonds. The Labute approximate surface area is 217 Å². The first kappa shape index (κ1) is 23.6. The molecule has 1 aliphatic rings. The van der Waals surface area contributed by atoms with Gasteiger partial charge in [0.05, 0.1) is 11.0 Å². The van der Waals surface area contributed by atoms with E-state index in [2.05, 4.69) is 46.3 Å². The molecule has 6 heteroatoms. The van der Waals surface area contributed by atoms with Crippen molar-refractivity contribution in [1.82, 2.24) is 13.9 Å². The molecule has 0 fully saturated rings. The van der Waals surface area contributed by atoms with E-state index in [1.807, 2.05) is 48.7 Å². The third kappa shape index (κ3) is 4.59. The summed E-state index contributed by atoms with van der Waals surface area (Å²) in [5.41, 5.74) is 4.75. The van der Waals surface area contributed by atoms with Gasteiger partial charge in [-0.1, -0.05) is 72.8 Å². The van der Waals surface area contributed by atoms with E-state index in [1.165, 1.54) is 15.1 Å². The number of hydrogen-bond donors (Lipinski definition) is 0. The van der Waals surface area contributed by atoms with E-state index in [1.54, 1.807) is 18.3 Å². The van der Waals surface area contributed by atoms with Crippen LogP contribution in [0, 0.1) is 0 Å². The van der Waals surface area contributed by atoms with Gasteiger partial charge in [-0.05, 0) is 48.6 Å². The van der Waals surface area contributed by atoms with Gasteiger partial charge >= 0.3 is 0 Å². The molecule has 0 unspecified atom stereocenters. The molecule has 3 aromatic carbocycles. The second-order valence-corrected chi connectivity index (χ2v) is 11.3. The number of benzene rings is 3. The van der Waals surface area contributed by atoms with Crippen molar-refractivity contribution in [2.45, 2.75) is 24.2 Å². The summed E-state index contributed by atoms with van der Waals surface area (Å²) in [6, 6.07) is 27.4. The molecule has 3 heterocycles. The Hall–Kier alpha value is -3.74. The van der Waals surface area contributed by atoms with Crippen molar-refractivity contribution in [2.75, 3.05) is 19.6 Å². The highest BCUT2D eigenvalue weighted by atomic mass is 32.2. The average Bonchev–Trinajstić information content (AvgIpc) is 3.18. The number of rotatable bonds is 6. The first-order valence-electron chi connectivity index (χ1n) is 12.8. The highest BCUT2D eigenvalue weighted by Gasteiger charge is 2.25. The van der Waals surface area contributed by atoms with Gasteiger partial charge in [-0.3, -0.25) is 4.98 Å². The van der Waals surface area contributed by atoms with Crippen molar-refractivity contribution in [1.29, 1.82) is 0 Å². The average molecular weight is 508 g/mol. The Morgan fingerprint density at radius 2 is 1.65 bits per heavy atom. The first-order chi connectivity index (χ1) is 18.1. The van der Waals surface area contributed by atoms with E-state index in [0.717, 1.165) is 55.2 Å². The maximum Gasteiger partial charge on any atom is 0.270 e. The summed E-state index contributed by atoms with van der Waals surface area (Å²) < 4.78 is 29.4. The van der Waals surface area contributed by atoms with Gasteiger partial charge in [0, 0.05) is 48.4 Å². The Bertz CT molecular complexity index is 1700. The van der Waals surface area contributed by atoms with Gasteiger partial charge in [0.15, 0.2) is 0 Å². The molecule has 0 atom stereocenters. The van der Waals surface area contributed by atoms with Crippen LogP contribution in [0.3, 0.4) is 0 Å². The highest BCUT2D eigenvalue weighted by molar-refractivity contribution is 7.90. The van der Waals surface area contributed by atoms with Crippen molar-refractivity contribution in [2.24, 2.45) is 0 Å². The molecular formula is C31H29N3O2S. The van der Waals surface area contributed by atoms with E-state index in [9.17, 15) is 8.42 Å². The van der Waals surface area contributed by atoms with E-state index < -0.39 is 10.0 Å². The van der Waals surface area contributed by atoms with Crippen LogP contribution in [0.4, 0.5) is 0 Å². The zero-order chi connectivity index (χ0) is 25.2. The predicted molar refractivity (Wildman–Crippen MR) is 150 cm³/mol. The molecule has 37 heavy (non-hydrogen) atoms. The lowest BCUT2D eigenvalue weighted by Gasteiger charge is -2.20. The summed E-state index contributed by atoms with van der Waals surface area (Å²) in [5.74, 6) is 0. The van der Waals surface area contributed by atoms with Gasteiger partial charge < -0.3 is 4.90 Å². The minimum Gasteiger partial charge on any atom is -0.302 e. The third-order valence-corrected chi connectivity index (χ3v) is 8.95. The quantitative estimate of drug-likeness (QED) is 0.277. The molecule has 0 N–H and O–H groups in total. The number of hydrogen-bond acceptors (Lipinski definition) is 4. The normalized spacial score (nSPS) is 15.1. The van der Waals surface area contributed by atoms with Crippen molar-refractivity contribution in [3.05, 3.63) is 115 Å². The molecule has 0 saturated carbocycles. The number of nitrogens with zero attached hydrogens (tertiary/aromatic N) is 3. The number of fused-ring (bicyclic) bond motifs is 2. The third-order valence-electron chi connectivity index (χ3n) is 7.25. The topological polar surface area (TPSA) is 55.2 Å². The summed E-state index contributed by atoms with van der Waals surface area (Å²) in [6.07, 6.45) is 8.61. The highest BCUT2D eigenvalue weighted by Crippen LogP contribution is 2.34. The van der Waals surface area contributed by atoms with Crippen LogP contribution in [0.25, 0.3) is 27.4 Å². The monoisotopic (exact) mass is 507 g/mol. The van der Waals surface area contributed by atoms with Crippen LogP contribution in [0.5, 0.6) is 0 Å². The fourth-order valence-corrected chi connectivity index (χ4v) is 6.85. The summed E-state index contributed by atoms with van der Waals surface area (Å²) in [7, 11) is -3.85. The second-order valence-electron chi connectivity index (χ2n) is 9.54. The molecule has 5 nitrogen and oxygen atoms in total. The molecule has 1 aliphatic heterocycles. The molecule has 2 aromatic heterocycles. The molecule has 0 radical (unpaired) electrons. The number of para-hydroxylation sites is 2. The first-order valence-corrected chi connectivity index (χ1v) is 14.2. The lowest BCUT2D eigenvalue weighted by Crippen LogP contribution is -2.27. The summed E-state index contributed by atoms with van der Waals surface area (Å²) in [5, 5.41) is 1.77. The van der Waals surface area contributed by atoms with Crippen molar-refractivity contribution >= 4 is 37.4 Å². The second kappa shape index (κ2) is 9.96. The molecule has 0 aliphatic carbocycles. The fourth-order valence-electron chi connectivity index (χ4n) is 5.31. The predicted octanol–water partition coefficient (Wildman–Crippen LogP) is 6.15. The minimum absolute atomic E-state index is 0.222. The van der Waals surface area contributed by atoms with Crippen LogP contribution in [0.2, 0.25) is 0 Å². The molecule has 0 saturated heterocycles. The van der Waals surface area contributed by atoms with Crippen LogP contribution in [-0.2, 0) is 16.4 Å². The van der Waals surface area contributed by atoms with Gasteiger partial charge in [0.1, 0.15) is 4.90 Å². The van der Waals surface area contributed by atoms with Crippen LogP contribution in [0.15, 0.2) is 108 Å². The molecule has 0 bridgehead atoms. The minimum atomic E-state index is -3.85. The maximum atomic E-state index is 14.0. The Kier molecular flexibility index (Phi) is 6.37. The molecule has 0 spiro atoms. The number of pyridine rings is 1. The summed E-state index contributed by atoms with van der Waals surface area (Å²) in [6.45, 7) is 2.99. The summed E-state index contributed by atoms with van der Waals surface area (Å²) >= 11 is 0. The molecular weight excluding hydrogens is 478 g/mol. The van der Waals surface area contributed by atoms with Gasteiger partial charge in [-0.25, -0.2) is 12.4 Å². The van der Waals surface area contributed by atoms with E-state index in [4.69, 9.17) is 0 Å². The fraction of sp³-hybridized carbons (Fsp3) is 0.194. The smallest absolute Gasteiger partial charge is 0.270 e. The molecule has 5 aromatic rings. The van der Waals surface area contributed by atoms with Gasteiger partial charge in [0.25, 0.3) is 10.0 Å². The van der Waals surface area contributed by atoms with Crippen molar-refractivity contribution in [3.63, 3.8) is 0 Å². The Morgan fingerprint density at radius 3 is 2.54 bits per heavy atom. The van der Waals surface area contributed by atoms with Gasteiger partial charge in [-0.2, -0.15) is 0 Å². The lowest BCUT2D eigenvalue weighted by atomic mass is 10.0. The van der Waals surface area contributed by atoms with E-state index in [-0.39, 0.29) is 4.90 Å². The Balaban J connectivity index is 1.32. The largest absolute Gasteiger partial charge is 0.302 e. The summed E-state index contributed by atoms with van der Waals surface area (Å²) in [4.78, 5) is 7.13. The van der Waals surface area contributed by atoms with Gasteiger partial charge in [-0.15, -0.1) is 0 Å². The van der Waals surface area contributed by atoms with Crippen LogP contribution >= 0.6 is 0 Å². The van der Waals surface area contributed by atoms with Crippen LogP contribution < -0.4 is 0 Å². The lowest BCUT2D eigenvalue weighted by molar-refractivity contribution is 0.293. The van der Waals surface area contributed by atoms with E-state index >= 15 is 0 Å². The van der Waals surface area contributed by atoms with Crippen molar-refractivity contribution < 1.29 is 8.42 Å². The van der Waals surface area contributed by atoms with Crippen LogP contribution in [0.1, 0.15) is 24.0 Å².